The quantitative estimate of drug-likeness (QED) is 0.935. The predicted octanol–water partition coefficient (Wildman–Crippen LogP) is 2.50. The molecule has 5 nitrogen and oxygen atoms in total. The Kier molecular flexibility index (Phi) is 4.53. The van der Waals surface area contributed by atoms with E-state index in [2.05, 4.69) is 24.1 Å². The lowest BCUT2D eigenvalue weighted by Gasteiger charge is -2.17. The normalized spacial score (nSPS) is 15.7. The van der Waals surface area contributed by atoms with Gasteiger partial charge in [-0.25, -0.2) is 4.98 Å². The highest BCUT2D eigenvalue weighted by Crippen LogP contribution is 2.33. The Labute approximate surface area is 139 Å². The van der Waals surface area contributed by atoms with Gasteiger partial charge in [0.2, 0.25) is 5.91 Å². The zero-order valence-corrected chi connectivity index (χ0v) is 14.7. The lowest BCUT2D eigenvalue weighted by Crippen LogP contribution is -2.39. The van der Waals surface area contributed by atoms with E-state index in [0.29, 0.717) is 5.92 Å². The van der Waals surface area contributed by atoms with Crippen LogP contribution in [0.1, 0.15) is 44.1 Å². The van der Waals surface area contributed by atoms with Crippen molar-refractivity contribution in [2.75, 3.05) is 0 Å². The molecular weight excluding hydrogens is 310 g/mol. The lowest BCUT2D eigenvalue weighted by molar-refractivity contribution is -0.122. The molecule has 2 aromatic rings. The van der Waals surface area contributed by atoms with Crippen LogP contribution in [0.15, 0.2) is 11.1 Å². The summed E-state index contributed by atoms with van der Waals surface area (Å²) >= 11 is 1.63. The maximum Gasteiger partial charge on any atom is 0.262 e. The van der Waals surface area contributed by atoms with Gasteiger partial charge in [-0.2, -0.15) is 0 Å². The lowest BCUT2D eigenvalue weighted by atomic mass is 9.97. The number of nitrogens with one attached hydrogen (secondary N) is 1. The summed E-state index contributed by atoms with van der Waals surface area (Å²) in [7, 11) is 0. The van der Waals surface area contributed by atoms with E-state index in [9.17, 15) is 9.59 Å². The molecule has 3 rings (SSSR count). The summed E-state index contributed by atoms with van der Waals surface area (Å²) in [5, 5.41) is 3.67. The van der Waals surface area contributed by atoms with Gasteiger partial charge in [-0.1, -0.05) is 13.8 Å². The van der Waals surface area contributed by atoms with Crippen molar-refractivity contribution in [2.24, 2.45) is 5.92 Å². The Morgan fingerprint density at radius 3 is 2.83 bits per heavy atom. The molecule has 0 unspecified atom stereocenters. The van der Waals surface area contributed by atoms with Gasteiger partial charge in [0.15, 0.2) is 0 Å². The first kappa shape index (κ1) is 16.2. The van der Waals surface area contributed by atoms with Crippen LogP contribution in [0.25, 0.3) is 10.2 Å². The monoisotopic (exact) mass is 333 g/mol. The molecule has 1 aliphatic rings. The topological polar surface area (TPSA) is 64.0 Å². The second kappa shape index (κ2) is 6.43. The van der Waals surface area contributed by atoms with Crippen molar-refractivity contribution < 1.29 is 4.79 Å². The molecule has 23 heavy (non-hydrogen) atoms. The van der Waals surface area contributed by atoms with Crippen molar-refractivity contribution in [1.82, 2.24) is 14.9 Å². The highest BCUT2D eigenvalue weighted by atomic mass is 32.1. The fourth-order valence-electron chi connectivity index (χ4n) is 2.91. The van der Waals surface area contributed by atoms with Crippen molar-refractivity contribution in [3.8, 4) is 0 Å². The van der Waals surface area contributed by atoms with Gasteiger partial charge >= 0.3 is 0 Å². The van der Waals surface area contributed by atoms with Crippen LogP contribution in [0, 0.1) is 5.92 Å². The minimum atomic E-state index is -0.140. The van der Waals surface area contributed by atoms with E-state index in [1.165, 1.54) is 27.8 Å². The smallest absolute Gasteiger partial charge is 0.262 e. The van der Waals surface area contributed by atoms with Crippen LogP contribution in [-0.4, -0.2) is 21.5 Å². The van der Waals surface area contributed by atoms with Crippen LogP contribution in [0.5, 0.6) is 0 Å². The third-order valence-corrected chi connectivity index (χ3v) is 5.84. The van der Waals surface area contributed by atoms with Crippen LogP contribution in [-0.2, 0) is 24.2 Å². The van der Waals surface area contributed by atoms with Crippen molar-refractivity contribution in [3.05, 3.63) is 27.1 Å². The van der Waals surface area contributed by atoms with E-state index >= 15 is 0 Å². The summed E-state index contributed by atoms with van der Waals surface area (Å²) in [6.45, 7) is 6.12. The second-order valence-electron chi connectivity index (χ2n) is 6.67. The van der Waals surface area contributed by atoms with E-state index in [1.807, 2.05) is 6.92 Å². The fraction of sp³-hybridized carbons (Fsp3) is 0.588. The van der Waals surface area contributed by atoms with E-state index in [-0.39, 0.29) is 24.1 Å². The number of thiophene rings is 1. The molecular formula is C17H23N3O2S. The van der Waals surface area contributed by atoms with Crippen molar-refractivity contribution in [2.45, 2.75) is 59.0 Å². The van der Waals surface area contributed by atoms with E-state index in [0.717, 1.165) is 29.5 Å². The molecule has 1 amide bonds. The van der Waals surface area contributed by atoms with Gasteiger partial charge in [-0.05, 0) is 44.1 Å². The highest BCUT2D eigenvalue weighted by Gasteiger charge is 2.20. The van der Waals surface area contributed by atoms with Crippen LogP contribution in [0.3, 0.4) is 0 Å². The van der Waals surface area contributed by atoms with Crippen LogP contribution >= 0.6 is 11.3 Å². The molecule has 0 aliphatic heterocycles. The van der Waals surface area contributed by atoms with E-state index in [4.69, 9.17) is 0 Å². The van der Waals surface area contributed by atoms with Gasteiger partial charge in [-0.3, -0.25) is 14.2 Å². The van der Waals surface area contributed by atoms with Gasteiger partial charge in [0, 0.05) is 10.9 Å². The molecule has 6 heteroatoms. The first-order valence-electron chi connectivity index (χ1n) is 8.26. The Morgan fingerprint density at radius 1 is 1.35 bits per heavy atom. The molecule has 0 radical (unpaired) electrons. The summed E-state index contributed by atoms with van der Waals surface area (Å²) in [5.41, 5.74) is 1.08. The minimum absolute atomic E-state index is 0.0312. The molecule has 2 heterocycles. The minimum Gasteiger partial charge on any atom is -0.352 e. The molecule has 1 N–H and O–H groups in total. The number of aryl methyl sites for hydroxylation is 2. The molecule has 2 aromatic heterocycles. The second-order valence-corrected chi connectivity index (χ2v) is 7.75. The first-order valence-corrected chi connectivity index (χ1v) is 9.08. The van der Waals surface area contributed by atoms with Gasteiger partial charge in [0.25, 0.3) is 5.56 Å². The summed E-state index contributed by atoms with van der Waals surface area (Å²) in [6.07, 6.45) is 5.81. The average molecular weight is 333 g/mol. The SMILES string of the molecule is CC(C)[C@@H](C)NC(=O)Cn1cnc2sc3c(c2c1=O)CCCC3. The molecule has 0 aromatic carbocycles. The fourth-order valence-corrected chi connectivity index (χ4v) is 4.13. The zero-order chi connectivity index (χ0) is 16.6. The Hall–Kier alpha value is -1.69. The van der Waals surface area contributed by atoms with Gasteiger partial charge in [0.05, 0.1) is 11.7 Å². The molecule has 124 valence electrons. The zero-order valence-electron chi connectivity index (χ0n) is 13.9. The van der Waals surface area contributed by atoms with E-state index in [1.54, 1.807) is 11.3 Å². The van der Waals surface area contributed by atoms with Crippen LogP contribution in [0.4, 0.5) is 0 Å². The number of rotatable bonds is 4. The molecule has 1 atom stereocenters. The third-order valence-electron chi connectivity index (χ3n) is 4.64. The standard InChI is InChI=1S/C17H23N3O2S/c1-10(2)11(3)19-14(21)8-20-9-18-16-15(17(20)22)12-6-4-5-7-13(12)23-16/h9-11H,4-8H2,1-3H3,(H,19,21)/t11-/m1/s1. The third kappa shape index (κ3) is 3.17. The Balaban J connectivity index is 1.89. The van der Waals surface area contributed by atoms with Gasteiger partial charge in [-0.15, -0.1) is 11.3 Å². The highest BCUT2D eigenvalue weighted by molar-refractivity contribution is 7.18. The number of hydrogen-bond donors (Lipinski definition) is 1. The Bertz CT molecular complexity index is 791. The number of amides is 1. The number of fused-ring (bicyclic) bond motifs is 3. The van der Waals surface area contributed by atoms with Gasteiger partial charge in [0.1, 0.15) is 11.4 Å². The van der Waals surface area contributed by atoms with E-state index < -0.39 is 0 Å². The summed E-state index contributed by atoms with van der Waals surface area (Å²) in [6, 6.07) is 0.0869. The molecule has 1 aliphatic carbocycles. The predicted molar refractivity (Wildman–Crippen MR) is 93.0 cm³/mol. The number of carbonyl (C=O) groups excluding carboxylic acids is 1. The number of carbonyl (C=O) groups is 1. The molecule has 0 spiro atoms. The van der Waals surface area contributed by atoms with Crippen LogP contribution < -0.4 is 10.9 Å². The number of aromatic nitrogens is 2. The largest absolute Gasteiger partial charge is 0.352 e. The number of hydrogen-bond acceptors (Lipinski definition) is 4. The molecule has 0 saturated carbocycles. The summed E-state index contributed by atoms with van der Waals surface area (Å²) in [4.78, 5) is 31.4. The molecule has 0 bridgehead atoms. The maximum absolute atomic E-state index is 12.8. The Morgan fingerprint density at radius 2 is 2.09 bits per heavy atom. The number of nitrogens with zero attached hydrogens (tertiary/aromatic N) is 2. The summed E-state index contributed by atoms with van der Waals surface area (Å²) in [5.74, 6) is 0.221. The van der Waals surface area contributed by atoms with Gasteiger partial charge < -0.3 is 5.32 Å². The maximum atomic E-state index is 12.8. The first-order chi connectivity index (χ1) is 11.0. The van der Waals surface area contributed by atoms with Crippen molar-refractivity contribution in [1.29, 1.82) is 0 Å². The molecule has 0 fully saturated rings. The summed E-state index contributed by atoms with van der Waals surface area (Å²) < 4.78 is 1.44. The van der Waals surface area contributed by atoms with Crippen molar-refractivity contribution >= 4 is 27.5 Å². The molecule has 0 saturated heterocycles. The van der Waals surface area contributed by atoms with Crippen molar-refractivity contribution in [3.63, 3.8) is 0 Å². The van der Waals surface area contributed by atoms with Crippen LogP contribution in [0.2, 0.25) is 0 Å². The average Bonchev–Trinajstić information content (AvgIpc) is 2.89.